The molecule has 0 spiro atoms. The lowest BCUT2D eigenvalue weighted by Crippen LogP contribution is -2.33. The molecule has 4 rings (SSSR count). The van der Waals surface area contributed by atoms with Gasteiger partial charge in [0.15, 0.2) is 0 Å². The van der Waals surface area contributed by atoms with Crippen molar-refractivity contribution in [2.24, 2.45) is 17.8 Å². The highest BCUT2D eigenvalue weighted by molar-refractivity contribution is 5.75. The molecule has 1 N–H and O–H groups in total. The van der Waals surface area contributed by atoms with Gasteiger partial charge >= 0.3 is 5.97 Å². The lowest BCUT2D eigenvalue weighted by Gasteiger charge is -2.20. The second kappa shape index (κ2) is 10.8. The Hall–Kier alpha value is -2.95. The van der Waals surface area contributed by atoms with Gasteiger partial charge in [-0.15, -0.1) is 0 Å². The number of benzene rings is 2. The fourth-order valence-corrected chi connectivity index (χ4v) is 4.72. The number of hydrogen-bond donors (Lipinski definition) is 1. The van der Waals surface area contributed by atoms with Crippen molar-refractivity contribution in [2.75, 3.05) is 32.8 Å². The first-order valence-corrected chi connectivity index (χ1v) is 11.6. The van der Waals surface area contributed by atoms with Gasteiger partial charge in [-0.3, -0.25) is 9.69 Å². The fraction of sp³-hybridized carbons (Fsp3) is 0.462. The van der Waals surface area contributed by atoms with Gasteiger partial charge < -0.3 is 14.8 Å². The van der Waals surface area contributed by atoms with E-state index in [-0.39, 0.29) is 12.4 Å². The molecule has 2 aromatic rings. The lowest BCUT2D eigenvalue weighted by atomic mass is 10.0. The van der Waals surface area contributed by atoms with Crippen LogP contribution < -0.4 is 10.1 Å². The third-order valence-electron chi connectivity index (χ3n) is 6.41. The van der Waals surface area contributed by atoms with Crippen molar-refractivity contribution in [3.63, 3.8) is 0 Å². The van der Waals surface area contributed by atoms with Gasteiger partial charge in [0.05, 0.1) is 12.7 Å². The molecule has 1 saturated heterocycles. The molecule has 174 valence electrons. The molecular weight excluding hydrogens is 421 g/mol. The van der Waals surface area contributed by atoms with Gasteiger partial charge in [0.1, 0.15) is 24.1 Å². The summed E-state index contributed by atoms with van der Waals surface area (Å²) >= 11 is 0. The third-order valence-corrected chi connectivity index (χ3v) is 6.41. The first kappa shape index (κ1) is 23.2. The molecule has 7 heteroatoms. The Morgan fingerprint density at radius 3 is 2.64 bits per heavy atom. The second-order valence-corrected chi connectivity index (χ2v) is 8.76. The Kier molecular flexibility index (Phi) is 7.58. The van der Waals surface area contributed by atoms with E-state index in [1.54, 1.807) is 19.1 Å². The number of nitriles is 1. The maximum absolute atomic E-state index is 13.4. The molecule has 1 aliphatic carbocycles. The fourth-order valence-electron chi connectivity index (χ4n) is 4.72. The Balaban J connectivity index is 1.12. The summed E-state index contributed by atoms with van der Waals surface area (Å²) in [5.74, 6) is 0.671. The van der Waals surface area contributed by atoms with Crippen LogP contribution in [0.3, 0.4) is 0 Å². The standard InChI is InChI=1S/C26H30FN3O3/c1-2-32-26(31)20(14-28)12-18-6-8-22(9-7-18)33-11-10-29-25-23-16-30(17-24(23)25)15-19-4-3-5-21(27)13-19/h3-9,13,20,23-25,29H,2,10-12,15-17H2,1H3/t20?,23-,24+,25?. The van der Waals surface area contributed by atoms with Crippen LogP contribution in [0.15, 0.2) is 48.5 Å². The van der Waals surface area contributed by atoms with Crippen LogP contribution >= 0.6 is 0 Å². The molecular formula is C26H30FN3O3. The number of esters is 1. The minimum atomic E-state index is -0.788. The van der Waals surface area contributed by atoms with Gasteiger partial charge in [-0.2, -0.15) is 5.26 Å². The molecule has 0 radical (unpaired) electrons. The van der Waals surface area contributed by atoms with E-state index in [9.17, 15) is 14.4 Å². The van der Waals surface area contributed by atoms with Crippen LogP contribution in [0, 0.1) is 34.9 Å². The molecule has 0 amide bonds. The molecule has 6 nitrogen and oxygen atoms in total. The van der Waals surface area contributed by atoms with Crippen LogP contribution in [0.1, 0.15) is 18.1 Å². The van der Waals surface area contributed by atoms with Gasteiger partial charge in [-0.25, -0.2) is 4.39 Å². The van der Waals surface area contributed by atoms with Crippen LogP contribution in [0.5, 0.6) is 5.75 Å². The SMILES string of the molecule is CCOC(=O)C(C#N)Cc1ccc(OCCNC2[C@H]3CN(Cc4cccc(F)c4)C[C@@H]23)cc1. The first-order valence-electron chi connectivity index (χ1n) is 11.6. The molecule has 2 fully saturated rings. The monoisotopic (exact) mass is 451 g/mol. The van der Waals surface area contributed by atoms with Crippen molar-refractivity contribution in [2.45, 2.75) is 25.9 Å². The summed E-state index contributed by atoms with van der Waals surface area (Å²) in [5.41, 5.74) is 1.93. The Bertz CT molecular complexity index is 979. The maximum atomic E-state index is 13.4. The van der Waals surface area contributed by atoms with E-state index in [1.165, 1.54) is 6.07 Å². The molecule has 33 heavy (non-hydrogen) atoms. The van der Waals surface area contributed by atoms with Crippen LogP contribution in [-0.4, -0.2) is 49.8 Å². The van der Waals surface area contributed by atoms with Crippen LogP contribution in [0.4, 0.5) is 4.39 Å². The molecule has 2 unspecified atom stereocenters. The highest BCUT2D eigenvalue weighted by Gasteiger charge is 2.55. The van der Waals surface area contributed by atoms with Crippen molar-refractivity contribution in [3.05, 3.63) is 65.5 Å². The second-order valence-electron chi connectivity index (χ2n) is 8.76. The van der Waals surface area contributed by atoms with Crippen molar-refractivity contribution in [1.29, 1.82) is 5.26 Å². The number of nitrogens with one attached hydrogen (secondary N) is 1. The zero-order valence-corrected chi connectivity index (χ0v) is 18.9. The minimum absolute atomic E-state index is 0.172. The summed E-state index contributed by atoms with van der Waals surface area (Å²) in [6, 6.07) is 16.9. The molecule has 1 heterocycles. The summed E-state index contributed by atoms with van der Waals surface area (Å²) < 4.78 is 24.1. The highest BCUT2D eigenvalue weighted by atomic mass is 19.1. The Labute approximate surface area is 194 Å². The topological polar surface area (TPSA) is 74.6 Å². The number of rotatable bonds is 11. The maximum Gasteiger partial charge on any atom is 0.323 e. The average Bonchev–Trinajstić information content (AvgIpc) is 3.26. The summed E-state index contributed by atoms with van der Waals surface area (Å²) in [4.78, 5) is 14.2. The number of fused-ring (bicyclic) bond motifs is 1. The van der Waals surface area contributed by atoms with E-state index in [1.807, 2.05) is 36.4 Å². The average molecular weight is 452 g/mol. The van der Waals surface area contributed by atoms with Gasteiger partial charge in [-0.1, -0.05) is 24.3 Å². The van der Waals surface area contributed by atoms with Crippen LogP contribution in [-0.2, 0) is 22.5 Å². The Morgan fingerprint density at radius 1 is 1.21 bits per heavy atom. The molecule has 2 aromatic carbocycles. The lowest BCUT2D eigenvalue weighted by molar-refractivity contribution is -0.145. The number of likely N-dealkylation sites (tertiary alicyclic amines) is 1. The summed E-state index contributed by atoms with van der Waals surface area (Å²) in [6.45, 7) is 6.27. The number of halogens is 1. The summed E-state index contributed by atoms with van der Waals surface area (Å²) in [6.07, 6.45) is 0.331. The molecule has 1 saturated carbocycles. The molecule has 0 aromatic heterocycles. The summed E-state index contributed by atoms with van der Waals surface area (Å²) in [5, 5.41) is 12.8. The third kappa shape index (κ3) is 6.10. The smallest absolute Gasteiger partial charge is 0.323 e. The minimum Gasteiger partial charge on any atom is -0.492 e. The van der Waals surface area contributed by atoms with Gasteiger partial charge in [0, 0.05) is 32.2 Å². The highest BCUT2D eigenvalue weighted by Crippen LogP contribution is 2.45. The van der Waals surface area contributed by atoms with Gasteiger partial charge in [0.2, 0.25) is 0 Å². The quantitative estimate of drug-likeness (QED) is 0.418. The Morgan fingerprint density at radius 2 is 1.97 bits per heavy atom. The first-order chi connectivity index (χ1) is 16.1. The van der Waals surface area contributed by atoms with E-state index in [4.69, 9.17) is 9.47 Å². The van der Waals surface area contributed by atoms with Crippen LogP contribution in [0.25, 0.3) is 0 Å². The van der Waals surface area contributed by atoms with Gasteiger partial charge in [0.25, 0.3) is 0 Å². The van der Waals surface area contributed by atoms with Crippen molar-refractivity contribution in [1.82, 2.24) is 10.2 Å². The summed E-state index contributed by atoms with van der Waals surface area (Å²) in [7, 11) is 0. The normalized spacial score (nSPS) is 22.3. The number of piperidine rings is 1. The van der Waals surface area contributed by atoms with E-state index < -0.39 is 11.9 Å². The number of nitrogens with zero attached hydrogens (tertiary/aromatic N) is 2. The van der Waals surface area contributed by atoms with E-state index in [0.717, 1.165) is 43.1 Å². The number of carbonyl (C=O) groups excluding carboxylic acids is 1. The van der Waals surface area contributed by atoms with Gasteiger partial charge in [-0.05, 0) is 60.6 Å². The largest absolute Gasteiger partial charge is 0.492 e. The zero-order chi connectivity index (χ0) is 23.2. The van der Waals surface area contributed by atoms with Crippen LogP contribution in [0.2, 0.25) is 0 Å². The molecule has 1 aliphatic heterocycles. The molecule has 2 aliphatic rings. The predicted octanol–water partition coefficient (Wildman–Crippen LogP) is 3.17. The predicted molar refractivity (Wildman–Crippen MR) is 122 cm³/mol. The number of hydrogen-bond acceptors (Lipinski definition) is 6. The van der Waals surface area contributed by atoms with E-state index in [0.29, 0.717) is 30.9 Å². The number of ether oxygens (including phenoxy) is 2. The number of carbonyl (C=O) groups is 1. The van der Waals surface area contributed by atoms with Crippen molar-refractivity contribution >= 4 is 5.97 Å². The van der Waals surface area contributed by atoms with Crippen molar-refractivity contribution in [3.8, 4) is 11.8 Å². The van der Waals surface area contributed by atoms with E-state index >= 15 is 0 Å². The zero-order valence-electron chi connectivity index (χ0n) is 18.9. The van der Waals surface area contributed by atoms with Crippen molar-refractivity contribution < 1.29 is 18.7 Å². The van der Waals surface area contributed by atoms with E-state index in [2.05, 4.69) is 10.2 Å². The molecule has 0 bridgehead atoms. The molecule has 4 atom stereocenters.